The van der Waals surface area contributed by atoms with Crippen LogP contribution < -0.4 is 10.2 Å². The molecular weight excluding hydrogens is 254 g/mol. The third-order valence-corrected chi connectivity index (χ3v) is 2.60. The van der Waals surface area contributed by atoms with Gasteiger partial charge in [0, 0.05) is 31.0 Å². The Kier molecular flexibility index (Phi) is 3.93. The Labute approximate surface area is 108 Å². The molecule has 0 fully saturated rings. The first kappa shape index (κ1) is 13.2. The van der Waals surface area contributed by atoms with E-state index in [4.69, 9.17) is 9.47 Å². The first-order valence-corrected chi connectivity index (χ1v) is 5.49. The summed E-state index contributed by atoms with van der Waals surface area (Å²) < 4.78 is 14.3. The molecule has 8 heteroatoms. The molecule has 1 aromatic heterocycles. The molecule has 2 aromatic rings. The standard InChI is InChI=1S/C11H13N3O5/c1-17-10(18-2)6-12-11(15)7-3-4-9-8(5-7)13-19-14(9)16/h3-5,10H,6H2,1-2H3,(H,12,15). The van der Waals surface area contributed by atoms with Crippen LogP contribution in [0.3, 0.4) is 0 Å². The molecule has 1 heterocycles. The van der Waals surface area contributed by atoms with E-state index in [0.29, 0.717) is 11.1 Å². The van der Waals surface area contributed by atoms with Gasteiger partial charge in [0.05, 0.1) is 6.54 Å². The zero-order valence-corrected chi connectivity index (χ0v) is 10.5. The topological polar surface area (TPSA) is 101 Å². The number of nitrogens with one attached hydrogen (secondary N) is 1. The number of ether oxygens (including phenoxy) is 2. The summed E-state index contributed by atoms with van der Waals surface area (Å²) in [6.45, 7) is 0.213. The number of nitrogens with zero attached hydrogens (tertiary/aromatic N) is 2. The van der Waals surface area contributed by atoms with Crippen molar-refractivity contribution in [2.45, 2.75) is 6.29 Å². The Hall–Kier alpha value is -2.19. The quantitative estimate of drug-likeness (QED) is 0.595. The second kappa shape index (κ2) is 5.63. The monoisotopic (exact) mass is 267 g/mol. The smallest absolute Gasteiger partial charge is 0.251 e. The molecule has 8 nitrogen and oxygen atoms in total. The molecule has 1 amide bonds. The summed E-state index contributed by atoms with van der Waals surface area (Å²) >= 11 is 0. The molecule has 1 aromatic carbocycles. The second-order valence-electron chi connectivity index (χ2n) is 3.74. The van der Waals surface area contributed by atoms with Crippen molar-refractivity contribution >= 4 is 16.9 Å². The van der Waals surface area contributed by atoms with E-state index in [2.05, 4.69) is 15.1 Å². The second-order valence-corrected chi connectivity index (χ2v) is 3.74. The van der Waals surface area contributed by atoms with Crippen LogP contribution in [0.4, 0.5) is 0 Å². The molecule has 0 aliphatic carbocycles. The number of aromatic nitrogens is 2. The number of methoxy groups -OCH3 is 2. The lowest BCUT2D eigenvalue weighted by Crippen LogP contribution is -2.34. The number of hydrogen-bond acceptors (Lipinski definition) is 6. The highest BCUT2D eigenvalue weighted by atomic mass is 16.8. The number of carbonyl (C=O) groups excluding carboxylic acids is 1. The summed E-state index contributed by atoms with van der Waals surface area (Å²) in [5.74, 6) is -0.318. The molecule has 0 aliphatic heterocycles. The van der Waals surface area contributed by atoms with Crippen LogP contribution in [-0.4, -0.2) is 38.1 Å². The Morgan fingerprint density at radius 2 is 2.26 bits per heavy atom. The summed E-state index contributed by atoms with van der Waals surface area (Å²) in [7, 11) is 2.96. The summed E-state index contributed by atoms with van der Waals surface area (Å²) in [4.78, 5) is 12.1. The predicted molar refractivity (Wildman–Crippen MR) is 63.1 cm³/mol. The highest BCUT2D eigenvalue weighted by Gasteiger charge is 2.14. The zero-order valence-electron chi connectivity index (χ0n) is 10.5. The molecule has 0 aliphatic rings. The zero-order chi connectivity index (χ0) is 13.8. The lowest BCUT2D eigenvalue weighted by molar-refractivity contribution is -0.782. The van der Waals surface area contributed by atoms with Crippen LogP contribution >= 0.6 is 0 Å². The number of amides is 1. The van der Waals surface area contributed by atoms with E-state index in [9.17, 15) is 10.0 Å². The van der Waals surface area contributed by atoms with Crippen molar-refractivity contribution < 1.29 is 23.8 Å². The first-order chi connectivity index (χ1) is 9.15. The number of carbonyl (C=O) groups is 1. The van der Waals surface area contributed by atoms with Gasteiger partial charge in [-0.1, -0.05) is 0 Å². The highest BCUT2D eigenvalue weighted by Crippen LogP contribution is 2.10. The van der Waals surface area contributed by atoms with Gasteiger partial charge in [0.25, 0.3) is 5.91 Å². The molecular formula is C11H13N3O5. The van der Waals surface area contributed by atoms with Gasteiger partial charge in [-0.15, -0.1) is 0 Å². The van der Waals surface area contributed by atoms with Crippen molar-refractivity contribution in [2.24, 2.45) is 0 Å². The largest absolute Gasteiger partial charge is 0.359 e. The SMILES string of the molecule is COC(CNC(=O)c1ccc2c(c1)no[n+]2[O-])OC. The third-order valence-electron chi connectivity index (χ3n) is 2.60. The van der Waals surface area contributed by atoms with E-state index in [-0.39, 0.29) is 22.9 Å². The van der Waals surface area contributed by atoms with Crippen LogP contribution in [0.2, 0.25) is 0 Å². The fourth-order valence-corrected chi connectivity index (χ4v) is 1.56. The van der Waals surface area contributed by atoms with Crippen LogP contribution in [0.1, 0.15) is 10.4 Å². The minimum atomic E-state index is -0.511. The van der Waals surface area contributed by atoms with Gasteiger partial charge in [-0.2, -0.15) is 0 Å². The summed E-state index contributed by atoms with van der Waals surface area (Å²) in [6, 6.07) is 4.45. The maximum absolute atomic E-state index is 11.9. The maximum atomic E-state index is 11.9. The highest BCUT2D eigenvalue weighted by molar-refractivity contribution is 5.96. The molecule has 1 N–H and O–H groups in total. The van der Waals surface area contributed by atoms with Crippen molar-refractivity contribution in [3.8, 4) is 0 Å². The van der Waals surface area contributed by atoms with Gasteiger partial charge in [-0.05, 0) is 17.0 Å². The lowest BCUT2D eigenvalue weighted by atomic mass is 10.2. The van der Waals surface area contributed by atoms with Gasteiger partial charge in [-0.25, -0.2) is 0 Å². The van der Waals surface area contributed by atoms with Crippen molar-refractivity contribution in [1.82, 2.24) is 10.5 Å². The van der Waals surface area contributed by atoms with Crippen molar-refractivity contribution in [3.05, 3.63) is 29.0 Å². The van der Waals surface area contributed by atoms with Crippen LogP contribution in [0, 0.1) is 5.21 Å². The average molecular weight is 267 g/mol. The summed E-state index contributed by atoms with van der Waals surface area (Å²) in [6.07, 6.45) is -0.511. The molecule has 2 rings (SSSR count). The molecule has 0 saturated carbocycles. The maximum Gasteiger partial charge on any atom is 0.251 e. The molecule has 0 bridgehead atoms. The van der Waals surface area contributed by atoms with Crippen molar-refractivity contribution in [2.75, 3.05) is 20.8 Å². The van der Waals surface area contributed by atoms with Gasteiger partial charge < -0.3 is 20.0 Å². The lowest BCUT2D eigenvalue weighted by Gasteiger charge is -2.13. The molecule has 0 saturated heterocycles. The van der Waals surface area contributed by atoms with E-state index >= 15 is 0 Å². The van der Waals surface area contributed by atoms with Gasteiger partial charge in [0.1, 0.15) is 0 Å². The Morgan fingerprint density at radius 3 is 2.95 bits per heavy atom. The normalized spacial score (nSPS) is 11.1. The minimum absolute atomic E-state index is 0.213. The van der Waals surface area contributed by atoms with Crippen LogP contribution in [0.5, 0.6) is 0 Å². The molecule has 0 radical (unpaired) electrons. The van der Waals surface area contributed by atoms with Gasteiger partial charge in [-0.3, -0.25) is 9.42 Å². The molecule has 102 valence electrons. The number of fused-ring (bicyclic) bond motifs is 1. The number of benzene rings is 1. The molecule has 0 atom stereocenters. The van der Waals surface area contributed by atoms with Crippen LogP contribution in [0.25, 0.3) is 11.0 Å². The molecule has 0 spiro atoms. The minimum Gasteiger partial charge on any atom is -0.359 e. The number of rotatable bonds is 5. The summed E-state index contributed by atoms with van der Waals surface area (Å²) in [5, 5.41) is 17.3. The Balaban J connectivity index is 2.09. The van der Waals surface area contributed by atoms with Crippen molar-refractivity contribution in [3.63, 3.8) is 0 Å². The fraction of sp³-hybridized carbons (Fsp3) is 0.364. The van der Waals surface area contributed by atoms with Gasteiger partial charge in [0.2, 0.25) is 11.0 Å². The average Bonchev–Trinajstić information content (AvgIpc) is 2.81. The fourth-order valence-electron chi connectivity index (χ4n) is 1.56. The van der Waals surface area contributed by atoms with Crippen LogP contribution in [-0.2, 0) is 9.47 Å². The van der Waals surface area contributed by atoms with E-state index in [1.54, 1.807) is 0 Å². The van der Waals surface area contributed by atoms with Gasteiger partial charge in [0.15, 0.2) is 6.29 Å². The van der Waals surface area contributed by atoms with E-state index in [1.165, 1.54) is 32.4 Å². The van der Waals surface area contributed by atoms with Crippen molar-refractivity contribution in [1.29, 1.82) is 0 Å². The molecule has 0 unspecified atom stereocenters. The Bertz CT molecular complexity index is 579. The summed E-state index contributed by atoms with van der Waals surface area (Å²) in [5.41, 5.74) is 0.952. The van der Waals surface area contributed by atoms with Crippen LogP contribution in [0.15, 0.2) is 22.8 Å². The van der Waals surface area contributed by atoms with Gasteiger partial charge >= 0.3 is 0 Å². The number of hydrogen-bond donors (Lipinski definition) is 1. The van der Waals surface area contributed by atoms with E-state index < -0.39 is 6.29 Å². The third kappa shape index (κ3) is 2.80. The Morgan fingerprint density at radius 1 is 1.53 bits per heavy atom. The predicted octanol–water partition coefficient (Wildman–Crippen LogP) is -0.190. The van der Waals surface area contributed by atoms with E-state index in [1.807, 2.05) is 0 Å². The van der Waals surface area contributed by atoms with E-state index in [0.717, 1.165) is 0 Å². The first-order valence-electron chi connectivity index (χ1n) is 5.49. The molecule has 19 heavy (non-hydrogen) atoms.